The molecule has 0 N–H and O–H groups in total. The van der Waals surface area contributed by atoms with Gasteiger partial charge >= 0.3 is 0 Å². The smallest absolute Gasteiger partial charge is 0.0714 e. The van der Waals surface area contributed by atoms with Crippen LogP contribution in [-0.4, -0.2) is 4.98 Å². The zero-order valence-electron chi connectivity index (χ0n) is 10.9. The molecule has 0 aliphatic carbocycles. The molecule has 1 aromatic heterocycles. The molecule has 0 saturated carbocycles. The van der Waals surface area contributed by atoms with Gasteiger partial charge in [-0.1, -0.05) is 60.7 Å². The van der Waals surface area contributed by atoms with Gasteiger partial charge in [0.2, 0.25) is 0 Å². The van der Waals surface area contributed by atoms with Gasteiger partial charge in [0.15, 0.2) is 0 Å². The minimum absolute atomic E-state index is 1.04. The summed E-state index contributed by atoms with van der Waals surface area (Å²) in [7, 11) is 0. The van der Waals surface area contributed by atoms with Crippen LogP contribution >= 0.6 is 0 Å². The zero-order chi connectivity index (χ0) is 13.4. The van der Waals surface area contributed by atoms with Gasteiger partial charge in [-0.3, -0.25) is 4.98 Å². The molecule has 93 valence electrons. The summed E-state index contributed by atoms with van der Waals surface area (Å²) in [4.78, 5) is 4.59. The molecule has 0 amide bonds. The van der Waals surface area contributed by atoms with E-state index in [4.69, 9.17) is 0 Å². The molecule has 4 rings (SSSR count). The lowest BCUT2D eigenvalue weighted by molar-refractivity contribution is 1.44. The van der Waals surface area contributed by atoms with Gasteiger partial charge in [-0.2, -0.15) is 0 Å². The Balaban J connectivity index is 2.19. The Kier molecular flexibility index (Phi) is 2.49. The van der Waals surface area contributed by atoms with Crippen molar-refractivity contribution in [1.29, 1.82) is 0 Å². The molecular weight excluding hydrogens is 242 g/mol. The highest BCUT2D eigenvalue weighted by atomic mass is 14.6. The van der Waals surface area contributed by atoms with Crippen molar-refractivity contribution in [3.05, 3.63) is 79.0 Å². The zero-order valence-corrected chi connectivity index (χ0v) is 10.9. The lowest BCUT2D eigenvalue weighted by Gasteiger charge is -2.09. The second kappa shape index (κ2) is 4.46. The molecule has 0 atom stereocenters. The van der Waals surface area contributed by atoms with Crippen LogP contribution in [-0.2, 0) is 0 Å². The predicted octanol–water partition coefficient (Wildman–Crippen LogP) is 4.86. The van der Waals surface area contributed by atoms with Crippen molar-refractivity contribution in [2.24, 2.45) is 0 Å². The average Bonchev–Trinajstić information content (AvgIpc) is 2.55. The van der Waals surface area contributed by atoms with Crippen molar-refractivity contribution >= 4 is 21.7 Å². The standard InChI is InChI=1S/C19H12N/c1-2-7-14(8-3-1)16-11-6-12-18-19(16)17-10-5-4-9-15(17)13-20-18/h2-13H. The highest BCUT2D eigenvalue weighted by Gasteiger charge is 2.07. The number of fused-ring (bicyclic) bond motifs is 3. The van der Waals surface area contributed by atoms with E-state index in [-0.39, 0.29) is 0 Å². The Hall–Kier alpha value is -2.67. The van der Waals surface area contributed by atoms with Crippen LogP contribution in [0, 0.1) is 6.07 Å². The first kappa shape index (κ1) is 11.2. The molecule has 20 heavy (non-hydrogen) atoms. The molecule has 1 nitrogen and oxygen atoms in total. The van der Waals surface area contributed by atoms with E-state index in [0.717, 1.165) is 5.52 Å². The van der Waals surface area contributed by atoms with Gasteiger partial charge in [0, 0.05) is 17.0 Å². The summed E-state index contributed by atoms with van der Waals surface area (Å²) in [6.07, 6.45) is 1.94. The maximum atomic E-state index is 4.59. The van der Waals surface area contributed by atoms with E-state index in [0.29, 0.717) is 0 Å². The molecule has 0 fully saturated rings. The summed E-state index contributed by atoms with van der Waals surface area (Å²) in [5, 5.41) is 3.65. The Morgan fingerprint density at radius 3 is 2.55 bits per heavy atom. The van der Waals surface area contributed by atoms with E-state index in [1.165, 1.54) is 27.3 Å². The molecule has 0 spiro atoms. The lowest BCUT2D eigenvalue weighted by atomic mass is 9.97. The van der Waals surface area contributed by atoms with Crippen LogP contribution in [0.1, 0.15) is 0 Å². The Morgan fingerprint density at radius 2 is 1.65 bits per heavy atom. The minimum atomic E-state index is 1.04. The molecule has 1 heteroatoms. The van der Waals surface area contributed by atoms with Crippen molar-refractivity contribution in [3.63, 3.8) is 0 Å². The van der Waals surface area contributed by atoms with E-state index >= 15 is 0 Å². The van der Waals surface area contributed by atoms with Crippen LogP contribution in [0.5, 0.6) is 0 Å². The SMILES string of the molecule is [c]1ccc(-c2cccc3ncc4ccccc4c23)cc1. The Labute approximate surface area is 117 Å². The fraction of sp³-hybridized carbons (Fsp3) is 0. The molecule has 0 bridgehead atoms. The summed E-state index contributed by atoms with van der Waals surface area (Å²) < 4.78 is 0. The van der Waals surface area contributed by atoms with Crippen molar-refractivity contribution in [3.8, 4) is 11.1 Å². The quantitative estimate of drug-likeness (QED) is 0.442. The second-order valence-electron chi connectivity index (χ2n) is 4.83. The van der Waals surface area contributed by atoms with Gasteiger partial charge < -0.3 is 0 Å². The van der Waals surface area contributed by atoms with Crippen LogP contribution in [0.15, 0.2) is 72.9 Å². The fourth-order valence-corrected chi connectivity index (χ4v) is 2.71. The first-order chi connectivity index (χ1) is 9.93. The van der Waals surface area contributed by atoms with Gasteiger partial charge in [0.05, 0.1) is 5.52 Å². The number of nitrogens with zero attached hydrogens (tertiary/aromatic N) is 1. The maximum absolute atomic E-state index is 4.59. The molecular formula is C19H12N. The summed E-state index contributed by atoms with van der Waals surface area (Å²) in [6, 6.07) is 25.9. The largest absolute Gasteiger partial charge is 0.256 e. The van der Waals surface area contributed by atoms with E-state index in [1.807, 2.05) is 18.3 Å². The van der Waals surface area contributed by atoms with Gasteiger partial charge in [-0.15, -0.1) is 0 Å². The third kappa shape index (κ3) is 1.68. The number of benzene rings is 3. The van der Waals surface area contributed by atoms with Crippen molar-refractivity contribution in [1.82, 2.24) is 4.98 Å². The van der Waals surface area contributed by atoms with Crippen LogP contribution in [0.2, 0.25) is 0 Å². The fourth-order valence-electron chi connectivity index (χ4n) is 2.71. The van der Waals surface area contributed by atoms with Gasteiger partial charge in [-0.25, -0.2) is 0 Å². The Bertz CT molecular complexity index is 895. The third-order valence-electron chi connectivity index (χ3n) is 3.64. The number of aromatic nitrogens is 1. The van der Waals surface area contributed by atoms with Crippen LogP contribution in [0.4, 0.5) is 0 Å². The maximum Gasteiger partial charge on any atom is 0.0714 e. The van der Waals surface area contributed by atoms with E-state index in [9.17, 15) is 0 Å². The summed E-state index contributed by atoms with van der Waals surface area (Å²) in [5.74, 6) is 0. The number of hydrogen-bond donors (Lipinski definition) is 0. The second-order valence-corrected chi connectivity index (χ2v) is 4.83. The van der Waals surface area contributed by atoms with E-state index in [2.05, 4.69) is 65.6 Å². The van der Waals surface area contributed by atoms with Gasteiger partial charge in [-0.05, 0) is 28.6 Å². The third-order valence-corrected chi connectivity index (χ3v) is 3.64. The molecule has 1 radical (unpaired) electrons. The van der Waals surface area contributed by atoms with E-state index < -0.39 is 0 Å². The first-order valence-electron chi connectivity index (χ1n) is 6.66. The topological polar surface area (TPSA) is 12.9 Å². The van der Waals surface area contributed by atoms with Crippen LogP contribution < -0.4 is 0 Å². The number of rotatable bonds is 1. The molecule has 0 unspecified atom stereocenters. The van der Waals surface area contributed by atoms with Crippen molar-refractivity contribution < 1.29 is 0 Å². The molecule has 1 heterocycles. The van der Waals surface area contributed by atoms with Crippen LogP contribution in [0.3, 0.4) is 0 Å². The van der Waals surface area contributed by atoms with Crippen molar-refractivity contribution in [2.75, 3.05) is 0 Å². The molecule has 0 aliphatic rings. The Morgan fingerprint density at radius 1 is 0.800 bits per heavy atom. The monoisotopic (exact) mass is 254 g/mol. The summed E-state index contributed by atoms with van der Waals surface area (Å²) >= 11 is 0. The molecule has 4 aromatic rings. The van der Waals surface area contributed by atoms with Gasteiger partial charge in [0.1, 0.15) is 0 Å². The highest BCUT2D eigenvalue weighted by molar-refractivity contribution is 6.12. The number of hydrogen-bond acceptors (Lipinski definition) is 1. The molecule has 0 aliphatic heterocycles. The van der Waals surface area contributed by atoms with Crippen LogP contribution in [0.25, 0.3) is 32.8 Å². The summed E-state index contributed by atoms with van der Waals surface area (Å²) in [5.41, 5.74) is 3.46. The molecule has 3 aromatic carbocycles. The summed E-state index contributed by atoms with van der Waals surface area (Å²) in [6.45, 7) is 0. The number of pyridine rings is 1. The predicted molar refractivity (Wildman–Crippen MR) is 83.5 cm³/mol. The minimum Gasteiger partial charge on any atom is -0.256 e. The normalized spacial score (nSPS) is 11.0. The first-order valence-corrected chi connectivity index (χ1v) is 6.66. The average molecular weight is 254 g/mol. The van der Waals surface area contributed by atoms with Crippen molar-refractivity contribution in [2.45, 2.75) is 0 Å². The van der Waals surface area contributed by atoms with Gasteiger partial charge in [0.25, 0.3) is 0 Å². The van der Waals surface area contributed by atoms with E-state index in [1.54, 1.807) is 0 Å². The molecule has 0 saturated heterocycles. The lowest BCUT2D eigenvalue weighted by Crippen LogP contribution is -1.86. The highest BCUT2D eigenvalue weighted by Crippen LogP contribution is 2.32.